The Hall–Kier alpha value is -3.14. The monoisotopic (exact) mass is 368 g/mol. The van der Waals surface area contributed by atoms with Crippen molar-refractivity contribution >= 4 is 22.7 Å². The number of aliphatic imine (C=N–C) groups is 1. The highest BCUT2D eigenvalue weighted by Crippen LogP contribution is 2.25. The predicted octanol–water partition coefficient (Wildman–Crippen LogP) is 5.40. The van der Waals surface area contributed by atoms with Crippen LogP contribution in [0.3, 0.4) is 0 Å². The summed E-state index contributed by atoms with van der Waals surface area (Å²) in [4.78, 5) is 18.8. The van der Waals surface area contributed by atoms with Gasteiger partial charge in [0.25, 0.3) is 0 Å². The van der Waals surface area contributed by atoms with Gasteiger partial charge in [-0.05, 0) is 44.5 Å². The van der Waals surface area contributed by atoms with Gasteiger partial charge in [0.15, 0.2) is 0 Å². The molecule has 0 aliphatic heterocycles. The van der Waals surface area contributed by atoms with E-state index in [0.29, 0.717) is 0 Å². The molecule has 1 aliphatic rings. The first-order valence-corrected chi connectivity index (χ1v) is 9.71. The van der Waals surface area contributed by atoms with Gasteiger partial charge in [0.1, 0.15) is 5.82 Å². The van der Waals surface area contributed by atoms with Gasteiger partial charge in [-0.2, -0.15) is 0 Å². The molecular weight excluding hydrogens is 344 g/mol. The van der Waals surface area contributed by atoms with Crippen LogP contribution >= 0.6 is 0 Å². The average molecular weight is 368 g/mol. The normalized spacial score (nSPS) is 17.0. The molecule has 2 aromatic heterocycles. The van der Waals surface area contributed by atoms with Crippen molar-refractivity contribution in [1.82, 2.24) is 15.0 Å². The second kappa shape index (κ2) is 7.85. The zero-order valence-electron chi connectivity index (χ0n) is 16.6. The molecule has 1 atom stereocenters. The lowest BCUT2D eigenvalue weighted by Crippen LogP contribution is -2.17. The number of para-hydroxylation sites is 1. The van der Waals surface area contributed by atoms with Gasteiger partial charge in [-0.25, -0.2) is 9.97 Å². The SMILES string of the molecule is CC(C)=C(CCc1ncc2ccccc2n1)N=C1c2cccnc2C=CC1C. The van der Waals surface area contributed by atoms with E-state index in [2.05, 4.69) is 49.0 Å². The molecule has 0 spiro atoms. The van der Waals surface area contributed by atoms with Crippen molar-refractivity contribution < 1.29 is 0 Å². The van der Waals surface area contributed by atoms with Crippen molar-refractivity contribution in [3.8, 4) is 0 Å². The summed E-state index contributed by atoms with van der Waals surface area (Å²) >= 11 is 0. The second-order valence-electron chi connectivity index (χ2n) is 7.37. The molecule has 0 saturated heterocycles. The molecule has 4 rings (SSSR count). The van der Waals surface area contributed by atoms with Gasteiger partial charge < -0.3 is 0 Å². The topological polar surface area (TPSA) is 51.0 Å². The molecule has 0 bridgehead atoms. The first-order chi connectivity index (χ1) is 13.6. The number of aryl methyl sites for hydroxylation is 1. The number of allylic oxidation sites excluding steroid dienone is 3. The van der Waals surface area contributed by atoms with Gasteiger partial charge in [0.2, 0.25) is 0 Å². The number of hydrogen-bond donors (Lipinski definition) is 0. The molecule has 3 aromatic rings. The molecule has 4 nitrogen and oxygen atoms in total. The molecule has 140 valence electrons. The number of fused-ring (bicyclic) bond motifs is 2. The van der Waals surface area contributed by atoms with Crippen LogP contribution in [0, 0.1) is 5.92 Å². The van der Waals surface area contributed by atoms with Gasteiger partial charge in [-0.3, -0.25) is 9.98 Å². The number of hydrogen-bond acceptors (Lipinski definition) is 4. The van der Waals surface area contributed by atoms with Crippen molar-refractivity contribution in [2.24, 2.45) is 10.9 Å². The summed E-state index contributed by atoms with van der Waals surface area (Å²) in [6.07, 6.45) is 9.58. The van der Waals surface area contributed by atoms with E-state index in [4.69, 9.17) is 9.98 Å². The van der Waals surface area contributed by atoms with Gasteiger partial charge >= 0.3 is 0 Å². The van der Waals surface area contributed by atoms with Crippen molar-refractivity contribution in [2.75, 3.05) is 0 Å². The van der Waals surface area contributed by atoms with E-state index in [9.17, 15) is 0 Å². The van der Waals surface area contributed by atoms with Crippen molar-refractivity contribution in [2.45, 2.75) is 33.6 Å². The molecule has 0 fully saturated rings. The van der Waals surface area contributed by atoms with Crippen molar-refractivity contribution in [3.05, 3.63) is 83.2 Å². The maximum absolute atomic E-state index is 5.08. The third-order valence-electron chi connectivity index (χ3n) is 5.05. The van der Waals surface area contributed by atoms with Crippen LogP contribution in [0.2, 0.25) is 0 Å². The lowest BCUT2D eigenvalue weighted by atomic mass is 9.91. The molecule has 2 heterocycles. The third kappa shape index (κ3) is 3.77. The van der Waals surface area contributed by atoms with Crippen LogP contribution in [-0.4, -0.2) is 20.7 Å². The van der Waals surface area contributed by atoms with E-state index in [1.807, 2.05) is 42.7 Å². The van der Waals surface area contributed by atoms with Crippen LogP contribution in [0.5, 0.6) is 0 Å². The number of rotatable bonds is 4. The average Bonchev–Trinajstić information content (AvgIpc) is 2.72. The minimum atomic E-state index is 0.267. The summed E-state index contributed by atoms with van der Waals surface area (Å²) in [6.45, 7) is 6.42. The minimum absolute atomic E-state index is 0.267. The smallest absolute Gasteiger partial charge is 0.129 e. The summed E-state index contributed by atoms with van der Waals surface area (Å²) in [5.74, 6) is 1.12. The molecule has 0 radical (unpaired) electrons. The number of aromatic nitrogens is 3. The Labute approximate surface area is 165 Å². The summed E-state index contributed by atoms with van der Waals surface area (Å²) in [7, 11) is 0. The minimum Gasteiger partial charge on any atom is -0.257 e. The fourth-order valence-electron chi connectivity index (χ4n) is 3.43. The van der Waals surface area contributed by atoms with Crippen LogP contribution in [0.25, 0.3) is 17.0 Å². The Balaban J connectivity index is 1.60. The first kappa shape index (κ1) is 18.2. The van der Waals surface area contributed by atoms with Crippen LogP contribution < -0.4 is 0 Å². The highest BCUT2D eigenvalue weighted by molar-refractivity contribution is 6.07. The van der Waals surface area contributed by atoms with E-state index in [-0.39, 0.29) is 5.92 Å². The summed E-state index contributed by atoms with van der Waals surface area (Å²) in [6, 6.07) is 12.2. The van der Waals surface area contributed by atoms with E-state index < -0.39 is 0 Å². The number of benzene rings is 1. The maximum atomic E-state index is 5.08. The molecule has 0 amide bonds. The van der Waals surface area contributed by atoms with Crippen LogP contribution in [0.15, 0.2) is 71.1 Å². The summed E-state index contributed by atoms with van der Waals surface area (Å²) < 4.78 is 0. The van der Waals surface area contributed by atoms with Crippen molar-refractivity contribution in [1.29, 1.82) is 0 Å². The lowest BCUT2D eigenvalue weighted by molar-refractivity contribution is 0.836. The standard InChI is InChI=1S/C24H24N4/c1-16(2)20(12-13-23-26-15-18-7-4-5-9-21(18)27-23)28-24-17(3)10-11-22-19(24)8-6-14-25-22/h4-11,14-15,17H,12-13H2,1-3H3. The Morgan fingerprint density at radius 2 is 1.93 bits per heavy atom. The van der Waals surface area contributed by atoms with E-state index in [1.165, 1.54) is 5.57 Å². The largest absolute Gasteiger partial charge is 0.257 e. The lowest BCUT2D eigenvalue weighted by Gasteiger charge is -2.19. The Morgan fingerprint density at radius 1 is 1.07 bits per heavy atom. The van der Waals surface area contributed by atoms with Crippen LogP contribution in [0.4, 0.5) is 0 Å². The number of nitrogens with zero attached hydrogens (tertiary/aromatic N) is 4. The molecule has 0 N–H and O–H groups in total. The van der Waals surface area contributed by atoms with E-state index >= 15 is 0 Å². The summed E-state index contributed by atoms with van der Waals surface area (Å²) in [5.41, 5.74) is 6.51. The van der Waals surface area contributed by atoms with Crippen LogP contribution in [0.1, 0.15) is 44.3 Å². The fraction of sp³-hybridized carbons (Fsp3) is 0.250. The third-order valence-corrected chi connectivity index (χ3v) is 5.05. The highest BCUT2D eigenvalue weighted by Gasteiger charge is 2.19. The van der Waals surface area contributed by atoms with Crippen LogP contribution in [-0.2, 0) is 6.42 Å². The van der Waals surface area contributed by atoms with Gasteiger partial charge in [-0.15, -0.1) is 0 Å². The zero-order valence-corrected chi connectivity index (χ0v) is 16.6. The number of pyridine rings is 1. The predicted molar refractivity (Wildman–Crippen MR) is 115 cm³/mol. The van der Waals surface area contributed by atoms with Gasteiger partial charge in [-0.1, -0.05) is 36.8 Å². The Bertz CT molecular complexity index is 1100. The molecular formula is C24H24N4. The zero-order chi connectivity index (χ0) is 19.5. The quantitative estimate of drug-likeness (QED) is 0.619. The Kier molecular flexibility index (Phi) is 5.11. The molecule has 28 heavy (non-hydrogen) atoms. The molecule has 1 aliphatic carbocycles. The molecule has 4 heteroatoms. The van der Waals surface area contributed by atoms with Crippen molar-refractivity contribution in [3.63, 3.8) is 0 Å². The summed E-state index contributed by atoms with van der Waals surface area (Å²) in [5, 5.41) is 1.07. The fourth-order valence-corrected chi connectivity index (χ4v) is 3.43. The molecule has 1 unspecified atom stereocenters. The maximum Gasteiger partial charge on any atom is 0.129 e. The van der Waals surface area contributed by atoms with Gasteiger partial charge in [0, 0.05) is 41.4 Å². The van der Waals surface area contributed by atoms with E-state index in [0.717, 1.165) is 52.2 Å². The highest BCUT2D eigenvalue weighted by atomic mass is 14.9. The second-order valence-corrected chi connectivity index (χ2v) is 7.37. The molecule has 0 saturated carbocycles. The first-order valence-electron chi connectivity index (χ1n) is 9.71. The molecule has 1 aromatic carbocycles. The Morgan fingerprint density at radius 3 is 2.79 bits per heavy atom. The van der Waals surface area contributed by atoms with Gasteiger partial charge in [0.05, 0.1) is 16.9 Å². The van der Waals surface area contributed by atoms with E-state index in [1.54, 1.807) is 0 Å².